The van der Waals surface area contributed by atoms with E-state index in [2.05, 4.69) is 4.37 Å². The normalized spacial score (nSPS) is 14.9. The highest BCUT2D eigenvalue weighted by atomic mass is 35.5. The van der Waals surface area contributed by atoms with Gasteiger partial charge in [0.2, 0.25) is 0 Å². The lowest BCUT2D eigenvalue weighted by atomic mass is 9.84. The SMILES string of the molecule is Cc1ccc(C(C(=O)CC2CCCCC2)N(Cc2ccccc2Cl)C(=O)c2snc(C(N)=O)c2N)o1. The third kappa shape index (κ3) is 5.63. The summed E-state index contributed by atoms with van der Waals surface area (Å²) in [5.41, 5.74) is 11.9. The maximum absolute atomic E-state index is 14.0. The van der Waals surface area contributed by atoms with Crippen LogP contribution in [0.3, 0.4) is 0 Å². The quantitative estimate of drug-likeness (QED) is 0.387. The summed E-state index contributed by atoms with van der Waals surface area (Å²) < 4.78 is 9.88. The first-order valence-electron chi connectivity index (χ1n) is 11.9. The fourth-order valence-corrected chi connectivity index (χ4v) is 5.68. The van der Waals surface area contributed by atoms with Crippen LogP contribution in [0, 0.1) is 12.8 Å². The van der Waals surface area contributed by atoms with Crippen LogP contribution < -0.4 is 11.5 Å². The van der Waals surface area contributed by atoms with Crippen molar-refractivity contribution in [2.45, 2.75) is 58.0 Å². The van der Waals surface area contributed by atoms with Crippen LogP contribution in [-0.2, 0) is 11.3 Å². The maximum Gasteiger partial charge on any atom is 0.270 e. The van der Waals surface area contributed by atoms with Gasteiger partial charge in [-0.3, -0.25) is 14.4 Å². The van der Waals surface area contributed by atoms with Gasteiger partial charge in [0.1, 0.15) is 22.4 Å². The number of anilines is 1. The van der Waals surface area contributed by atoms with E-state index in [0.717, 1.165) is 37.2 Å². The molecule has 1 unspecified atom stereocenters. The van der Waals surface area contributed by atoms with Crippen LogP contribution in [0.15, 0.2) is 40.8 Å². The Kier molecular flexibility index (Phi) is 8.11. The molecule has 2 amide bonds. The summed E-state index contributed by atoms with van der Waals surface area (Å²) in [6.07, 6.45) is 5.67. The molecule has 1 aliphatic carbocycles. The van der Waals surface area contributed by atoms with Crippen LogP contribution in [-0.4, -0.2) is 26.9 Å². The molecule has 2 heterocycles. The second-order valence-corrected chi connectivity index (χ2v) is 10.4. The summed E-state index contributed by atoms with van der Waals surface area (Å²) in [5, 5.41) is 0.458. The van der Waals surface area contributed by atoms with Crippen molar-refractivity contribution < 1.29 is 18.8 Å². The number of nitrogens with zero attached hydrogens (tertiary/aromatic N) is 2. The van der Waals surface area contributed by atoms with E-state index in [0.29, 0.717) is 28.5 Å². The van der Waals surface area contributed by atoms with E-state index in [9.17, 15) is 14.4 Å². The second-order valence-electron chi connectivity index (χ2n) is 9.19. The summed E-state index contributed by atoms with van der Waals surface area (Å²) in [6.45, 7) is 1.81. The monoisotopic (exact) mass is 528 g/mol. The number of carbonyl (C=O) groups excluding carboxylic acids is 3. The Hall–Kier alpha value is -3.17. The molecular weight excluding hydrogens is 500 g/mol. The van der Waals surface area contributed by atoms with Crippen LogP contribution in [0.4, 0.5) is 5.69 Å². The molecule has 1 saturated carbocycles. The Bertz CT molecular complexity index is 1260. The predicted molar refractivity (Wildman–Crippen MR) is 139 cm³/mol. The first-order valence-corrected chi connectivity index (χ1v) is 13.1. The lowest BCUT2D eigenvalue weighted by molar-refractivity contribution is -0.125. The number of halogens is 1. The molecule has 10 heteroatoms. The summed E-state index contributed by atoms with van der Waals surface area (Å²) in [4.78, 5) is 41.0. The molecule has 1 atom stereocenters. The zero-order valence-corrected chi connectivity index (χ0v) is 21.6. The third-order valence-corrected chi connectivity index (χ3v) is 7.80. The van der Waals surface area contributed by atoms with Crippen molar-refractivity contribution in [3.05, 3.63) is 69.1 Å². The number of rotatable bonds is 9. The van der Waals surface area contributed by atoms with E-state index in [1.54, 1.807) is 37.3 Å². The number of nitrogen functional groups attached to an aromatic ring is 1. The Morgan fingerprint density at radius 2 is 1.89 bits per heavy atom. The molecule has 36 heavy (non-hydrogen) atoms. The van der Waals surface area contributed by atoms with Gasteiger partial charge in [0.25, 0.3) is 11.8 Å². The molecule has 1 aliphatic rings. The highest BCUT2D eigenvalue weighted by Gasteiger charge is 2.37. The number of aromatic nitrogens is 1. The topological polar surface area (TPSA) is 133 Å². The average molecular weight is 529 g/mol. The fourth-order valence-electron chi connectivity index (χ4n) is 4.72. The van der Waals surface area contributed by atoms with Crippen molar-refractivity contribution in [3.8, 4) is 0 Å². The standard InChI is InChI=1S/C26H29ClN4O4S/c1-15-11-12-20(35-15)23(19(32)13-16-7-3-2-4-8-16)31(14-17-9-5-6-10-18(17)27)26(34)24-21(28)22(25(29)33)30-36-24/h5-6,9-12,16,23H,2-4,7-8,13-14,28H2,1H3,(H2,29,33). The Morgan fingerprint density at radius 1 is 1.17 bits per heavy atom. The number of hydrogen-bond acceptors (Lipinski definition) is 7. The van der Waals surface area contributed by atoms with Crippen molar-refractivity contribution in [1.82, 2.24) is 9.27 Å². The van der Waals surface area contributed by atoms with Crippen LogP contribution in [0.2, 0.25) is 5.02 Å². The zero-order chi connectivity index (χ0) is 25.8. The van der Waals surface area contributed by atoms with Gasteiger partial charge in [-0.05, 0) is 48.1 Å². The van der Waals surface area contributed by atoms with Gasteiger partial charge in [0.15, 0.2) is 11.5 Å². The number of amides is 2. The van der Waals surface area contributed by atoms with E-state index < -0.39 is 17.9 Å². The first-order chi connectivity index (χ1) is 17.3. The van der Waals surface area contributed by atoms with Crippen molar-refractivity contribution in [3.63, 3.8) is 0 Å². The lowest BCUT2D eigenvalue weighted by Gasteiger charge is -2.31. The minimum Gasteiger partial charge on any atom is -0.464 e. The Balaban J connectivity index is 1.78. The van der Waals surface area contributed by atoms with Crippen molar-refractivity contribution >= 4 is 46.4 Å². The van der Waals surface area contributed by atoms with Crippen LogP contribution >= 0.6 is 23.1 Å². The molecule has 0 bridgehead atoms. The number of aryl methyl sites for hydroxylation is 1. The van der Waals surface area contributed by atoms with Crippen molar-refractivity contribution in [1.29, 1.82) is 0 Å². The summed E-state index contributed by atoms with van der Waals surface area (Å²) in [6, 6.07) is 9.61. The smallest absolute Gasteiger partial charge is 0.270 e. The highest BCUT2D eigenvalue weighted by molar-refractivity contribution is 7.09. The molecule has 0 spiro atoms. The first kappa shape index (κ1) is 25.9. The minimum atomic E-state index is -0.997. The van der Waals surface area contributed by atoms with E-state index in [1.165, 1.54) is 11.3 Å². The highest BCUT2D eigenvalue weighted by Crippen LogP contribution is 2.35. The summed E-state index contributed by atoms with van der Waals surface area (Å²) >= 11 is 7.22. The van der Waals surface area contributed by atoms with Crippen LogP contribution in [0.1, 0.15) is 81.8 Å². The van der Waals surface area contributed by atoms with Gasteiger partial charge in [-0.25, -0.2) is 0 Å². The number of furan rings is 1. The van der Waals surface area contributed by atoms with Gasteiger partial charge in [-0.1, -0.05) is 61.9 Å². The lowest BCUT2D eigenvalue weighted by Crippen LogP contribution is -2.39. The summed E-state index contributed by atoms with van der Waals surface area (Å²) in [7, 11) is 0. The fraction of sp³-hybridized carbons (Fsp3) is 0.385. The molecule has 3 aromatic rings. The van der Waals surface area contributed by atoms with Crippen molar-refractivity contribution in [2.24, 2.45) is 11.7 Å². The Labute approximate surface area is 218 Å². The number of Topliss-reactive ketones (excluding diaryl/α,β-unsaturated/α-hetero) is 1. The number of benzene rings is 1. The van der Waals surface area contributed by atoms with Crippen LogP contribution in [0.25, 0.3) is 0 Å². The van der Waals surface area contributed by atoms with E-state index >= 15 is 0 Å². The van der Waals surface area contributed by atoms with E-state index in [-0.39, 0.29) is 34.5 Å². The molecule has 1 aromatic carbocycles. The van der Waals surface area contributed by atoms with Crippen molar-refractivity contribution in [2.75, 3.05) is 5.73 Å². The number of nitrogens with two attached hydrogens (primary N) is 2. The molecule has 4 rings (SSSR count). The van der Waals surface area contributed by atoms with Gasteiger partial charge in [0.05, 0.1) is 5.69 Å². The van der Waals surface area contributed by atoms with E-state index in [1.807, 2.05) is 6.07 Å². The molecule has 4 N–H and O–H groups in total. The molecule has 0 aliphatic heterocycles. The molecule has 2 aromatic heterocycles. The number of hydrogen-bond donors (Lipinski definition) is 2. The predicted octanol–water partition coefficient (Wildman–Crippen LogP) is 5.30. The van der Waals surface area contributed by atoms with Crippen LogP contribution in [0.5, 0.6) is 0 Å². The number of carbonyl (C=O) groups is 3. The molecule has 8 nitrogen and oxygen atoms in total. The molecule has 190 valence electrons. The number of primary amides is 1. The average Bonchev–Trinajstić information content (AvgIpc) is 3.45. The number of ketones is 1. The van der Waals surface area contributed by atoms with Gasteiger partial charge >= 0.3 is 0 Å². The molecular formula is C26H29ClN4O4S. The second kappa shape index (κ2) is 11.3. The summed E-state index contributed by atoms with van der Waals surface area (Å²) in [5.74, 6) is -0.238. The van der Waals surface area contributed by atoms with Gasteiger partial charge in [-0.2, -0.15) is 4.37 Å². The molecule has 0 saturated heterocycles. The maximum atomic E-state index is 14.0. The van der Waals surface area contributed by atoms with E-state index in [4.69, 9.17) is 27.5 Å². The van der Waals surface area contributed by atoms with Gasteiger partial charge in [0, 0.05) is 18.0 Å². The molecule has 1 fully saturated rings. The zero-order valence-electron chi connectivity index (χ0n) is 20.0. The Morgan fingerprint density at radius 3 is 2.50 bits per heavy atom. The van der Waals surface area contributed by atoms with Gasteiger partial charge < -0.3 is 20.8 Å². The third-order valence-electron chi connectivity index (χ3n) is 6.58. The largest absolute Gasteiger partial charge is 0.464 e. The minimum absolute atomic E-state index is 0.0303. The van der Waals surface area contributed by atoms with Gasteiger partial charge in [-0.15, -0.1) is 0 Å². The molecule has 0 radical (unpaired) electrons.